The summed E-state index contributed by atoms with van der Waals surface area (Å²) in [5.41, 5.74) is 10.5. The quantitative estimate of drug-likeness (QED) is 0.118. The van der Waals surface area contributed by atoms with Crippen LogP contribution in [0.25, 0.3) is 22.3 Å². The number of thioether (sulfide) groups is 1. The van der Waals surface area contributed by atoms with Crippen LogP contribution < -0.4 is 0 Å². The molecule has 4 rings (SSSR count). The van der Waals surface area contributed by atoms with Gasteiger partial charge >= 0.3 is 0 Å². The van der Waals surface area contributed by atoms with Crippen molar-refractivity contribution in [2.75, 3.05) is 0 Å². The van der Waals surface area contributed by atoms with Gasteiger partial charge in [0.1, 0.15) is 0 Å². The van der Waals surface area contributed by atoms with E-state index >= 15 is 0 Å². The zero-order valence-corrected chi connectivity index (χ0v) is 27.0. The summed E-state index contributed by atoms with van der Waals surface area (Å²) in [5, 5.41) is 0.609. The van der Waals surface area contributed by atoms with E-state index in [9.17, 15) is 0 Å². The van der Waals surface area contributed by atoms with Crippen molar-refractivity contribution in [2.24, 2.45) is 0 Å². The lowest BCUT2D eigenvalue weighted by atomic mass is 9.70. The Hall–Kier alpha value is -1.99. The first-order chi connectivity index (χ1) is 19.5. The van der Waals surface area contributed by atoms with Gasteiger partial charge in [-0.25, -0.2) is 0 Å². The zero-order chi connectivity index (χ0) is 28.4. The van der Waals surface area contributed by atoms with Crippen molar-refractivity contribution in [3.63, 3.8) is 0 Å². The highest BCUT2D eigenvalue weighted by Crippen LogP contribution is 2.55. The molecule has 0 heterocycles. The van der Waals surface area contributed by atoms with E-state index in [4.69, 9.17) is 0 Å². The number of hydrogen-bond acceptors (Lipinski definition) is 1. The van der Waals surface area contributed by atoms with Crippen LogP contribution in [0.5, 0.6) is 0 Å². The van der Waals surface area contributed by atoms with Crippen LogP contribution in [0.1, 0.15) is 134 Å². The second-order valence-electron chi connectivity index (χ2n) is 12.6. The van der Waals surface area contributed by atoms with Gasteiger partial charge in [0.15, 0.2) is 0 Å². The number of hydrogen-bond donors (Lipinski definition) is 0. The molecule has 0 spiro atoms. The Morgan fingerprint density at radius 2 is 1.07 bits per heavy atom. The third-order valence-corrected chi connectivity index (χ3v) is 10.0. The van der Waals surface area contributed by atoms with Crippen LogP contribution in [-0.4, -0.2) is 5.25 Å². The lowest BCUT2D eigenvalue weighted by Gasteiger charge is -2.33. The third kappa shape index (κ3) is 7.64. The molecule has 0 radical (unpaired) electrons. The molecule has 0 bridgehead atoms. The van der Waals surface area contributed by atoms with E-state index in [0.29, 0.717) is 5.25 Å². The van der Waals surface area contributed by atoms with Gasteiger partial charge < -0.3 is 0 Å². The van der Waals surface area contributed by atoms with Gasteiger partial charge in [-0.1, -0.05) is 153 Å². The van der Waals surface area contributed by atoms with Crippen LogP contribution in [-0.2, 0) is 5.41 Å². The summed E-state index contributed by atoms with van der Waals surface area (Å²) >= 11 is 1.95. The zero-order valence-electron chi connectivity index (χ0n) is 26.2. The summed E-state index contributed by atoms with van der Waals surface area (Å²) in [7, 11) is 0. The predicted molar refractivity (Wildman–Crippen MR) is 180 cm³/mol. The molecule has 0 amide bonds. The van der Waals surface area contributed by atoms with Crippen LogP contribution in [0.3, 0.4) is 0 Å². The Morgan fingerprint density at radius 1 is 0.575 bits per heavy atom. The molecule has 0 fully saturated rings. The van der Waals surface area contributed by atoms with Gasteiger partial charge in [-0.3, -0.25) is 0 Å². The minimum Gasteiger partial charge on any atom is -0.123 e. The first-order valence-electron chi connectivity index (χ1n) is 16.5. The van der Waals surface area contributed by atoms with Gasteiger partial charge in [0.05, 0.1) is 0 Å². The van der Waals surface area contributed by atoms with Crippen molar-refractivity contribution in [3.05, 3.63) is 77.4 Å². The fourth-order valence-electron chi connectivity index (χ4n) is 6.86. The van der Waals surface area contributed by atoms with Gasteiger partial charge in [0.2, 0.25) is 0 Å². The maximum absolute atomic E-state index is 2.59. The van der Waals surface area contributed by atoms with Gasteiger partial charge in [-0.15, -0.1) is 11.8 Å². The molecule has 1 heteroatoms. The fraction of sp³-hybridized carbons (Fsp3) is 0.538. The van der Waals surface area contributed by atoms with Crippen LogP contribution in [0.4, 0.5) is 0 Å². The van der Waals surface area contributed by atoms with Crippen LogP contribution in [0.15, 0.2) is 65.6 Å². The molecule has 0 N–H and O–H groups in total. The smallest absolute Gasteiger partial charge is 0.0215 e. The monoisotopic (exact) mass is 554 g/mol. The molecule has 3 aromatic rings. The van der Waals surface area contributed by atoms with Crippen molar-refractivity contribution in [3.8, 4) is 22.3 Å². The van der Waals surface area contributed by atoms with Crippen molar-refractivity contribution >= 4 is 11.8 Å². The maximum atomic E-state index is 2.59. The normalized spacial score (nSPS) is 13.6. The number of unbranched alkanes of at least 4 members (excludes halogenated alkanes) is 10. The van der Waals surface area contributed by atoms with Gasteiger partial charge in [0, 0.05) is 15.6 Å². The first kappa shape index (κ1) is 31.0. The van der Waals surface area contributed by atoms with E-state index in [-0.39, 0.29) is 5.41 Å². The van der Waals surface area contributed by atoms with Crippen molar-refractivity contribution in [2.45, 2.75) is 140 Å². The summed E-state index contributed by atoms with van der Waals surface area (Å²) in [5.74, 6) is 0. The van der Waals surface area contributed by atoms with E-state index in [1.54, 1.807) is 11.1 Å². The summed E-state index contributed by atoms with van der Waals surface area (Å²) in [6.45, 7) is 11.5. The molecule has 0 aromatic heterocycles. The van der Waals surface area contributed by atoms with Crippen molar-refractivity contribution in [1.82, 2.24) is 0 Å². The largest absolute Gasteiger partial charge is 0.123 e. The number of rotatable bonds is 17. The second-order valence-corrected chi connectivity index (χ2v) is 14.3. The van der Waals surface area contributed by atoms with Crippen molar-refractivity contribution < 1.29 is 0 Å². The van der Waals surface area contributed by atoms with Crippen LogP contribution >= 0.6 is 11.8 Å². The molecule has 0 unspecified atom stereocenters. The summed E-state index contributed by atoms with van der Waals surface area (Å²) in [6, 6.07) is 24.0. The highest BCUT2D eigenvalue weighted by molar-refractivity contribution is 7.99. The van der Waals surface area contributed by atoms with Gasteiger partial charge in [0.25, 0.3) is 0 Å². The molecule has 40 heavy (non-hydrogen) atoms. The summed E-state index contributed by atoms with van der Waals surface area (Å²) in [4.78, 5) is 1.36. The van der Waals surface area contributed by atoms with E-state index in [2.05, 4.69) is 95.3 Å². The lowest BCUT2D eigenvalue weighted by molar-refractivity contribution is 0.398. The van der Waals surface area contributed by atoms with E-state index in [1.807, 2.05) is 11.8 Å². The molecule has 0 saturated carbocycles. The minimum atomic E-state index is 0.148. The number of fused-ring (bicyclic) bond motifs is 3. The Labute approximate surface area is 250 Å². The number of benzene rings is 3. The molecule has 1 aliphatic carbocycles. The van der Waals surface area contributed by atoms with E-state index in [1.165, 1.54) is 123 Å². The average molecular weight is 555 g/mol. The SMILES string of the molecule is CCCCCCCCC1(CCCCCCCC)c2cc(C)ccc2-c2ccc(-c3ccc(SC(C)C)cc3)cc21. The molecular weight excluding hydrogens is 500 g/mol. The Balaban J connectivity index is 1.68. The van der Waals surface area contributed by atoms with Crippen molar-refractivity contribution in [1.29, 1.82) is 0 Å². The molecular formula is C39H54S. The molecule has 0 aliphatic heterocycles. The van der Waals surface area contributed by atoms with Gasteiger partial charge in [-0.05, 0) is 71.3 Å². The van der Waals surface area contributed by atoms with Crippen LogP contribution in [0.2, 0.25) is 0 Å². The molecule has 1 aliphatic rings. The lowest BCUT2D eigenvalue weighted by Crippen LogP contribution is -2.25. The highest BCUT2D eigenvalue weighted by Gasteiger charge is 2.42. The molecule has 0 nitrogen and oxygen atoms in total. The third-order valence-electron chi connectivity index (χ3n) is 8.99. The van der Waals surface area contributed by atoms with Crippen LogP contribution in [0, 0.1) is 6.92 Å². The summed E-state index contributed by atoms with van der Waals surface area (Å²) < 4.78 is 0. The molecule has 216 valence electrons. The average Bonchev–Trinajstić information content (AvgIpc) is 3.21. The fourth-order valence-corrected chi connectivity index (χ4v) is 7.70. The predicted octanol–water partition coefficient (Wildman–Crippen LogP) is 12.9. The standard InChI is InChI=1S/C39H54S/c1-6-8-10-12-14-16-26-39(27-17-15-13-11-9-7-2)37-28-31(5)18-24-35(37)36-25-21-33(29-38(36)39)32-19-22-34(23-20-32)40-30(3)4/h18-25,28-30H,6-17,26-27H2,1-5H3. The van der Waals surface area contributed by atoms with E-state index < -0.39 is 0 Å². The van der Waals surface area contributed by atoms with E-state index in [0.717, 1.165) is 0 Å². The Kier molecular flexibility index (Phi) is 11.8. The topological polar surface area (TPSA) is 0 Å². The Bertz CT molecular complexity index is 1170. The second kappa shape index (κ2) is 15.3. The number of aryl methyl sites for hydroxylation is 1. The highest BCUT2D eigenvalue weighted by atomic mass is 32.2. The van der Waals surface area contributed by atoms with Gasteiger partial charge in [-0.2, -0.15) is 0 Å². The minimum absolute atomic E-state index is 0.148. The molecule has 0 saturated heterocycles. The summed E-state index contributed by atoms with van der Waals surface area (Å²) in [6.07, 6.45) is 18.9. The molecule has 3 aromatic carbocycles. The first-order valence-corrected chi connectivity index (χ1v) is 17.4. The maximum Gasteiger partial charge on any atom is 0.0215 e. The Morgan fingerprint density at radius 3 is 1.65 bits per heavy atom. The molecule has 0 atom stereocenters.